The molecule has 1 unspecified atom stereocenters. The normalized spacial score (nSPS) is 15.2. The second-order valence-corrected chi connectivity index (χ2v) is 4.35. The van der Waals surface area contributed by atoms with Crippen LogP contribution >= 0.6 is 0 Å². The van der Waals surface area contributed by atoms with E-state index in [9.17, 15) is 23.6 Å². The van der Waals surface area contributed by atoms with E-state index in [-0.39, 0.29) is 24.0 Å². The van der Waals surface area contributed by atoms with Crippen LogP contribution in [-0.2, 0) is 9.59 Å². The molecule has 0 bridgehead atoms. The molecule has 3 amide bonds. The summed E-state index contributed by atoms with van der Waals surface area (Å²) in [7, 11) is 0. The van der Waals surface area contributed by atoms with Crippen molar-refractivity contribution in [3.05, 3.63) is 35.1 Å². The van der Waals surface area contributed by atoms with E-state index in [1.54, 1.807) is 0 Å². The number of amides is 3. The van der Waals surface area contributed by atoms with Gasteiger partial charge in [0.1, 0.15) is 12.1 Å². The Morgan fingerprint density at radius 2 is 2.05 bits per heavy atom. The van der Waals surface area contributed by atoms with E-state index in [2.05, 4.69) is 0 Å². The van der Waals surface area contributed by atoms with Gasteiger partial charge in [-0.15, -0.1) is 0 Å². The average Bonchev–Trinajstić information content (AvgIpc) is 2.65. The van der Waals surface area contributed by atoms with Gasteiger partial charge in [-0.3, -0.25) is 19.3 Å². The second kappa shape index (κ2) is 5.20. The van der Waals surface area contributed by atoms with Crippen molar-refractivity contribution in [1.29, 1.82) is 0 Å². The monoisotopic (exact) mass is 278 g/mol. The third-order valence-corrected chi connectivity index (χ3v) is 3.07. The van der Waals surface area contributed by atoms with Gasteiger partial charge in [-0.05, 0) is 18.6 Å². The maximum Gasteiger partial charge on any atom is 0.265 e. The highest BCUT2D eigenvalue weighted by atomic mass is 19.1. The molecular formula is C13H11FN2O4. The van der Waals surface area contributed by atoms with Gasteiger partial charge in [-0.1, -0.05) is 6.07 Å². The van der Waals surface area contributed by atoms with E-state index in [4.69, 9.17) is 5.73 Å². The highest BCUT2D eigenvalue weighted by Gasteiger charge is 2.41. The number of nitrogens with zero attached hydrogens (tertiary/aromatic N) is 1. The van der Waals surface area contributed by atoms with Crippen molar-refractivity contribution >= 4 is 24.0 Å². The number of carbonyl (C=O) groups excluding carboxylic acids is 4. The van der Waals surface area contributed by atoms with Crippen molar-refractivity contribution in [3.8, 4) is 0 Å². The molecule has 1 atom stereocenters. The van der Waals surface area contributed by atoms with Gasteiger partial charge < -0.3 is 10.5 Å². The molecule has 7 heteroatoms. The Labute approximate surface area is 113 Å². The molecule has 6 nitrogen and oxygen atoms in total. The van der Waals surface area contributed by atoms with Crippen molar-refractivity contribution in [2.24, 2.45) is 5.73 Å². The number of nitrogens with two attached hydrogens (primary N) is 1. The number of aldehydes is 1. The first-order valence-corrected chi connectivity index (χ1v) is 5.87. The Morgan fingerprint density at radius 1 is 1.35 bits per heavy atom. The van der Waals surface area contributed by atoms with Gasteiger partial charge in [-0.25, -0.2) is 4.39 Å². The highest BCUT2D eigenvalue weighted by Crippen LogP contribution is 2.27. The minimum atomic E-state index is -1.13. The first-order valence-electron chi connectivity index (χ1n) is 5.87. The first kappa shape index (κ1) is 13.9. The van der Waals surface area contributed by atoms with Crippen LogP contribution in [0.1, 0.15) is 33.6 Å². The van der Waals surface area contributed by atoms with Gasteiger partial charge in [0, 0.05) is 6.42 Å². The molecule has 0 aliphatic carbocycles. The number of fused-ring (bicyclic) bond motifs is 1. The third kappa shape index (κ3) is 2.18. The fraction of sp³-hybridized carbons (Fsp3) is 0.231. The zero-order chi connectivity index (χ0) is 14.9. The lowest BCUT2D eigenvalue weighted by Crippen LogP contribution is -2.41. The predicted molar refractivity (Wildman–Crippen MR) is 65.2 cm³/mol. The van der Waals surface area contributed by atoms with Crippen molar-refractivity contribution in [1.82, 2.24) is 4.90 Å². The molecule has 2 rings (SSSR count). The standard InChI is InChI=1S/C13H11FN2O4/c14-9-3-1-2-8-11(9)13(20)16(12(8)19)7(6-17)4-5-10(15)18/h1-3,6-7H,4-5H2,(H2,15,18). The Bertz CT molecular complexity index is 614. The molecule has 1 aliphatic heterocycles. The minimum Gasteiger partial charge on any atom is -0.370 e. The number of benzene rings is 1. The topological polar surface area (TPSA) is 97.5 Å². The van der Waals surface area contributed by atoms with Crippen LogP contribution in [0, 0.1) is 5.82 Å². The van der Waals surface area contributed by atoms with Crippen molar-refractivity contribution < 1.29 is 23.6 Å². The number of primary amides is 1. The molecule has 0 saturated heterocycles. The number of imide groups is 1. The largest absolute Gasteiger partial charge is 0.370 e. The van der Waals surface area contributed by atoms with E-state index in [1.807, 2.05) is 0 Å². The molecule has 1 aromatic carbocycles. The molecule has 104 valence electrons. The summed E-state index contributed by atoms with van der Waals surface area (Å²) in [5.41, 5.74) is 4.54. The fourth-order valence-corrected chi connectivity index (χ4v) is 2.11. The molecule has 20 heavy (non-hydrogen) atoms. The van der Waals surface area contributed by atoms with E-state index >= 15 is 0 Å². The smallest absolute Gasteiger partial charge is 0.265 e. The maximum atomic E-state index is 13.6. The van der Waals surface area contributed by atoms with Crippen LogP contribution in [0.25, 0.3) is 0 Å². The van der Waals surface area contributed by atoms with E-state index in [0.717, 1.165) is 6.07 Å². The lowest BCUT2D eigenvalue weighted by atomic mass is 10.1. The lowest BCUT2D eigenvalue weighted by molar-refractivity contribution is -0.118. The number of rotatable bonds is 5. The zero-order valence-electron chi connectivity index (χ0n) is 10.3. The van der Waals surface area contributed by atoms with Gasteiger partial charge in [0.15, 0.2) is 0 Å². The van der Waals surface area contributed by atoms with Crippen LogP contribution in [-0.4, -0.2) is 34.9 Å². The third-order valence-electron chi connectivity index (χ3n) is 3.07. The second-order valence-electron chi connectivity index (χ2n) is 4.35. The molecule has 0 spiro atoms. The number of halogens is 1. The summed E-state index contributed by atoms with van der Waals surface area (Å²) in [5, 5.41) is 0. The zero-order valence-corrected chi connectivity index (χ0v) is 10.3. The summed E-state index contributed by atoms with van der Waals surface area (Å²) in [6.45, 7) is 0. The number of carbonyl (C=O) groups is 4. The van der Waals surface area contributed by atoms with Gasteiger partial charge in [-0.2, -0.15) is 0 Å². The van der Waals surface area contributed by atoms with Crippen molar-refractivity contribution in [2.45, 2.75) is 18.9 Å². The molecule has 0 radical (unpaired) electrons. The quantitative estimate of drug-likeness (QED) is 0.616. The summed E-state index contributed by atoms with van der Waals surface area (Å²) in [4.78, 5) is 46.6. The van der Waals surface area contributed by atoms with Gasteiger partial charge >= 0.3 is 0 Å². The SMILES string of the molecule is NC(=O)CCC(C=O)N1C(=O)c2cccc(F)c2C1=O. The van der Waals surface area contributed by atoms with E-state index < -0.39 is 29.6 Å². The molecule has 0 fully saturated rings. The predicted octanol–water partition coefficient (Wildman–Crippen LogP) is 0.255. The Morgan fingerprint density at radius 3 is 2.60 bits per heavy atom. The van der Waals surface area contributed by atoms with Gasteiger partial charge in [0.05, 0.1) is 17.2 Å². The molecule has 0 aromatic heterocycles. The highest BCUT2D eigenvalue weighted by molar-refractivity contribution is 6.22. The summed E-state index contributed by atoms with van der Waals surface area (Å²) in [5.74, 6) is -3.08. The van der Waals surface area contributed by atoms with Crippen LogP contribution in [0.3, 0.4) is 0 Å². The molecule has 1 heterocycles. The van der Waals surface area contributed by atoms with Gasteiger partial charge in [0.2, 0.25) is 5.91 Å². The van der Waals surface area contributed by atoms with Crippen LogP contribution < -0.4 is 5.73 Å². The van der Waals surface area contributed by atoms with E-state index in [0.29, 0.717) is 11.2 Å². The van der Waals surface area contributed by atoms with Gasteiger partial charge in [0.25, 0.3) is 11.8 Å². The van der Waals surface area contributed by atoms with Crippen molar-refractivity contribution in [3.63, 3.8) is 0 Å². The summed E-state index contributed by atoms with van der Waals surface area (Å²) in [6.07, 6.45) is 0.147. The number of hydrogen-bond donors (Lipinski definition) is 1. The summed E-state index contributed by atoms with van der Waals surface area (Å²) >= 11 is 0. The molecular weight excluding hydrogens is 267 g/mol. The Balaban J connectivity index is 2.33. The summed E-state index contributed by atoms with van der Waals surface area (Å²) in [6, 6.07) is 2.55. The molecule has 1 aliphatic rings. The minimum absolute atomic E-state index is 0.0775. The summed E-state index contributed by atoms with van der Waals surface area (Å²) < 4.78 is 13.6. The van der Waals surface area contributed by atoms with E-state index in [1.165, 1.54) is 12.1 Å². The molecule has 1 aromatic rings. The maximum absolute atomic E-state index is 13.6. The van der Waals surface area contributed by atoms with Crippen LogP contribution in [0.15, 0.2) is 18.2 Å². The Kier molecular flexibility index (Phi) is 3.60. The van der Waals surface area contributed by atoms with Crippen molar-refractivity contribution in [2.75, 3.05) is 0 Å². The fourth-order valence-electron chi connectivity index (χ4n) is 2.11. The van der Waals surface area contributed by atoms with Crippen LogP contribution in [0.5, 0.6) is 0 Å². The van der Waals surface area contributed by atoms with Crippen LogP contribution in [0.4, 0.5) is 4.39 Å². The first-order chi connectivity index (χ1) is 9.47. The molecule has 2 N–H and O–H groups in total. The lowest BCUT2D eigenvalue weighted by Gasteiger charge is -2.20. The average molecular weight is 278 g/mol. The number of hydrogen-bond acceptors (Lipinski definition) is 4. The Hall–Kier alpha value is -2.57. The van der Waals surface area contributed by atoms with Crippen LogP contribution in [0.2, 0.25) is 0 Å². The molecule has 0 saturated carbocycles.